The van der Waals surface area contributed by atoms with Crippen LogP contribution in [0.2, 0.25) is 0 Å². The molecule has 0 radical (unpaired) electrons. The zero-order valence-electron chi connectivity index (χ0n) is 12.1. The first kappa shape index (κ1) is 15.5. The number of thiophene rings is 1. The van der Waals surface area contributed by atoms with E-state index in [2.05, 4.69) is 54.2 Å². The second-order valence-corrected chi connectivity index (χ2v) is 6.97. The minimum absolute atomic E-state index is 0.634. The number of hydrogen-bond donors (Lipinski definition) is 1. The smallest absolute Gasteiger partial charge is 0.120 e. The van der Waals surface area contributed by atoms with Crippen LogP contribution < -0.4 is 10.1 Å². The number of nitrogens with one attached hydrogen (secondary N) is 1. The van der Waals surface area contributed by atoms with Crippen LogP contribution in [0, 0.1) is 13.8 Å². The van der Waals surface area contributed by atoms with E-state index in [1.54, 1.807) is 0 Å². The monoisotopic (exact) mass is 353 g/mol. The Labute approximate surface area is 133 Å². The van der Waals surface area contributed by atoms with Crippen molar-refractivity contribution in [2.45, 2.75) is 33.9 Å². The van der Waals surface area contributed by atoms with Gasteiger partial charge < -0.3 is 10.1 Å². The summed E-state index contributed by atoms with van der Waals surface area (Å²) in [5, 5.41) is 3.36. The highest BCUT2D eigenvalue weighted by Crippen LogP contribution is 2.25. The van der Waals surface area contributed by atoms with Crippen molar-refractivity contribution in [3.8, 4) is 5.75 Å². The van der Waals surface area contributed by atoms with E-state index in [0.717, 1.165) is 23.3 Å². The summed E-state index contributed by atoms with van der Waals surface area (Å²) in [5.74, 6) is 0.921. The molecule has 1 heterocycles. The minimum Gasteiger partial charge on any atom is -0.489 e. The molecule has 0 aliphatic heterocycles. The first-order valence-electron chi connectivity index (χ1n) is 6.78. The van der Waals surface area contributed by atoms with Crippen LogP contribution in [0.4, 0.5) is 0 Å². The molecule has 4 heteroatoms. The van der Waals surface area contributed by atoms with Gasteiger partial charge in [-0.05, 0) is 50.2 Å². The van der Waals surface area contributed by atoms with Crippen LogP contribution in [-0.2, 0) is 13.2 Å². The van der Waals surface area contributed by atoms with Crippen LogP contribution in [-0.4, -0.2) is 6.54 Å². The molecule has 0 unspecified atom stereocenters. The summed E-state index contributed by atoms with van der Waals surface area (Å²) < 4.78 is 7.01. The summed E-state index contributed by atoms with van der Waals surface area (Å²) in [4.78, 5) is 2.71. The molecule has 0 spiro atoms. The van der Waals surface area contributed by atoms with Crippen LogP contribution in [0.25, 0.3) is 0 Å². The van der Waals surface area contributed by atoms with Gasteiger partial charge in [0.25, 0.3) is 0 Å². The fourth-order valence-corrected chi connectivity index (χ4v) is 3.20. The number of rotatable bonds is 6. The molecule has 0 fully saturated rings. The third kappa shape index (κ3) is 4.08. The van der Waals surface area contributed by atoms with Crippen molar-refractivity contribution in [2.75, 3.05) is 6.54 Å². The van der Waals surface area contributed by atoms with Crippen LogP contribution in [0.1, 0.15) is 27.8 Å². The van der Waals surface area contributed by atoms with Crippen molar-refractivity contribution in [3.63, 3.8) is 0 Å². The molecule has 0 amide bonds. The maximum absolute atomic E-state index is 5.89. The predicted molar refractivity (Wildman–Crippen MR) is 89.6 cm³/mol. The van der Waals surface area contributed by atoms with Crippen LogP contribution in [0.15, 0.2) is 28.7 Å². The summed E-state index contributed by atoms with van der Waals surface area (Å²) in [6.07, 6.45) is 0. The molecule has 2 rings (SSSR count). The van der Waals surface area contributed by atoms with Gasteiger partial charge >= 0.3 is 0 Å². The summed E-state index contributed by atoms with van der Waals surface area (Å²) >= 11 is 5.35. The molecular formula is C16H20BrNOS. The molecule has 0 aliphatic carbocycles. The molecule has 20 heavy (non-hydrogen) atoms. The maximum Gasteiger partial charge on any atom is 0.120 e. The fourth-order valence-electron chi connectivity index (χ4n) is 1.93. The van der Waals surface area contributed by atoms with Crippen molar-refractivity contribution < 1.29 is 4.74 Å². The normalized spacial score (nSPS) is 10.8. The fraction of sp³-hybridized carbons (Fsp3) is 0.375. The molecule has 1 aromatic heterocycles. The first-order chi connectivity index (χ1) is 9.60. The molecule has 0 saturated heterocycles. The van der Waals surface area contributed by atoms with E-state index < -0.39 is 0 Å². The van der Waals surface area contributed by atoms with E-state index in [4.69, 9.17) is 4.74 Å². The number of halogens is 1. The van der Waals surface area contributed by atoms with Crippen molar-refractivity contribution in [2.24, 2.45) is 0 Å². The van der Waals surface area contributed by atoms with Crippen LogP contribution >= 0.6 is 27.3 Å². The zero-order chi connectivity index (χ0) is 14.5. The highest BCUT2D eigenvalue weighted by molar-refractivity contribution is 9.10. The molecule has 0 atom stereocenters. The van der Waals surface area contributed by atoms with Gasteiger partial charge in [0, 0.05) is 26.3 Å². The first-order valence-corrected chi connectivity index (χ1v) is 8.39. The molecule has 108 valence electrons. The van der Waals surface area contributed by atoms with Crippen molar-refractivity contribution in [1.82, 2.24) is 5.32 Å². The van der Waals surface area contributed by atoms with Crippen LogP contribution in [0.5, 0.6) is 5.75 Å². The van der Waals surface area contributed by atoms with Gasteiger partial charge in [-0.1, -0.05) is 22.9 Å². The summed E-state index contributed by atoms with van der Waals surface area (Å²) in [6, 6.07) is 8.33. The average Bonchev–Trinajstić information content (AvgIpc) is 2.78. The number of benzene rings is 1. The predicted octanol–water partition coefficient (Wildman–Crippen LogP) is 4.82. The number of hydrogen-bond acceptors (Lipinski definition) is 3. The van der Waals surface area contributed by atoms with E-state index in [1.807, 2.05) is 23.5 Å². The van der Waals surface area contributed by atoms with Gasteiger partial charge in [0.15, 0.2) is 0 Å². The SMILES string of the molecule is CCNCc1cc(COc2ccc(Br)c(C)c2)c(C)s1. The highest BCUT2D eigenvalue weighted by Gasteiger charge is 2.06. The van der Waals surface area contributed by atoms with Gasteiger partial charge in [-0.2, -0.15) is 0 Å². The van der Waals surface area contributed by atoms with Crippen LogP contribution in [0.3, 0.4) is 0 Å². The molecule has 0 aliphatic rings. The van der Waals surface area contributed by atoms with Gasteiger partial charge in [0.05, 0.1) is 0 Å². The lowest BCUT2D eigenvalue weighted by Gasteiger charge is -2.07. The summed E-state index contributed by atoms with van der Waals surface area (Å²) in [5.41, 5.74) is 2.47. The molecular weight excluding hydrogens is 334 g/mol. The van der Waals surface area contributed by atoms with Crippen molar-refractivity contribution >= 4 is 27.3 Å². The number of ether oxygens (including phenoxy) is 1. The van der Waals surface area contributed by atoms with E-state index >= 15 is 0 Å². The molecule has 2 nitrogen and oxygen atoms in total. The quantitative estimate of drug-likeness (QED) is 0.803. The lowest BCUT2D eigenvalue weighted by atomic mass is 10.2. The Bertz CT molecular complexity index is 580. The Kier molecular flexibility index (Phi) is 5.64. The van der Waals surface area contributed by atoms with E-state index in [1.165, 1.54) is 20.9 Å². The molecule has 1 aromatic carbocycles. The van der Waals surface area contributed by atoms with Gasteiger partial charge in [-0.15, -0.1) is 11.3 Å². The summed E-state index contributed by atoms with van der Waals surface area (Å²) in [7, 11) is 0. The Morgan fingerprint density at radius 1 is 1.25 bits per heavy atom. The summed E-state index contributed by atoms with van der Waals surface area (Å²) in [6.45, 7) is 8.93. The van der Waals surface area contributed by atoms with E-state index in [9.17, 15) is 0 Å². The van der Waals surface area contributed by atoms with Gasteiger partial charge in [0.2, 0.25) is 0 Å². The number of aryl methyl sites for hydroxylation is 2. The van der Waals surface area contributed by atoms with Crippen molar-refractivity contribution in [1.29, 1.82) is 0 Å². The van der Waals surface area contributed by atoms with E-state index in [-0.39, 0.29) is 0 Å². The molecule has 0 saturated carbocycles. The lowest BCUT2D eigenvalue weighted by molar-refractivity contribution is 0.305. The zero-order valence-corrected chi connectivity index (χ0v) is 14.5. The third-order valence-corrected chi connectivity index (χ3v) is 5.13. The Morgan fingerprint density at radius 2 is 2.05 bits per heavy atom. The largest absolute Gasteiger partial charge is 0.489 e. The van der Waals surface area contributed by atoms with Gasteiger partial charge in [-0.3, -0.25) is 0 Å². The Balaban J connectivity index is 1.99. The van der Waals surface area contributed by atoms with E-state index in [0.29, 0.717) is 6.61 Å². The highest BCUT2D eigenvalue weighted by atomic mass is 79.9. The Hall–Kier alpha value is -0.840. The molecule has 1 N–H and O–H groups in total. The Morgan fingerprint density at radius 3 is 2.75 bits per heavy atom. The second-order valence-electron chi connectivity index (χ2n) is 4.77. The molecule has 2 aromatic rings. The maximum atomic E-state index is 5.89. The lowest BCUT2D eigenvalue weighted by Crippen LogP contribution is -2.10. The minimum atomic E-state index is 0.634. The van der Waals surface area contributed by atoms with Gasteiger partial charge in [0.1, 0.15) is 12.4 Å². The third-order valence-electron chi connectivity index (χ3n) is 3.14. The van der Waals surface area contributed by atoms with Crippen molar-refractivity contribution in [3.05, 3.63) is 49.6 Å². The topological polar surface area (TPSA) is 21.3 Å². The van der Waals surface area contributed by atoms with Gasteiger partial charge in [-0.25, -0.2) is 0 Å². The standard InChI is InChI=1S/C16H20BrNOS/c1-4-18-9-15-8-13(12(3)20-15)10-19-14-5-6-16(17)11(2)7-14/h5-8,18H,4,9-10H2,1-3H3. The molecule has 0 bridgehead atoms. The average molecular weight is 354 g/mol. The second kappa shape index (κ2) is 7.25.